The van der Waals surface area contributed by atoms with Crippen molar-refractivity contribution in [2.75, 3.05) is 20.1 Å². The van der Waals surface area contributed by atoms with Gasteiger partial charge in [-0.15, -0.1) is 0 Å². The van der Waals surface area contributed by atoms with Gasteiger partial charge in [0.05, 0.1) is 0 Å². The third kappa shape index (κ3) is 4.41. The van der Waals surface area contributed by atoms with Gasteiger partial charge in [-0.3, -0.25) is 4.90 Å². The summed E-state index contributed by atoms with van der Waals surface area (Å²) in [7, 11) is 2.16. The number of benzene rings is 1. The van der Waals surface area contributed by atoms with E-state index in [4.69, 9.17) is 5.73 Å². The second kappa shape index (κ2) is 5.98. The Hall–Kier alpha value is -0.380. The van der Waals surface area contributed by atoms with Crippen LogP contribution in [-0.4, -0.2) is 25.0 Å². The van der Waals surface area contributed by atoms with E-state index in [0.717, 1.165) is 11.0 Å². The summed E-state index contributed by atoms with van der Waals surface area (Å²) < 4.78 is 1.13. The molecular formula is C14H23BrN2. The van der Waals surface area contributed by atoms with Gasteiger partial charge in [0, 0.05) is 17.1 Å². The Labute approximate surface area is 113 Å². The lowest BCUT2D eigenvalue weighted by molar-refractivity contribution is 0.174. The van der Waals surface area contributed by atoms with E-state index in [1.54, 1.807) is 0 Å². The molecule has 96 valence electrons. The second-order valence-electron chi connectivity index (χ2n) is 5.51. The van der Waals surface area contributed by atoms with Crippen molar-refractivity contribution in [3.8, 4) is 0 Å². The van der Waals surface area contributed by atoms with Crippen LogP contribution in [0.2, 0.25) is 0 Å². The summed E-state index contributed by atoms with van der Waals surface area (Å²) in [5.41, 5.74) is 7.27. The lowest BCUT2D eigenvalue weighted by Crippen LogP contribution is -2.37. The normalized spacial score (nSPS) is 14.1. The van der Waals surface area contributed by atoms with Crippen molar-refractivity contribution in [2.24, 2.45) is 11.1 Å². The number of rotatable bonds is 5. The van der Waals surface area contributed by atoms with Crippen LogP contribution in [-0.2, 0) is 0 Å². The van der Waals surface area contributed by atoms with Gasteiger partial charge in [0.1, 0.15) is 0 Å². The van der Waals surface area contributed by atoms with E-state index < -0.39 is 0 Å². The fourth-order valence-electron chi connectivity index (χ4n) is 1.90. The van der Waals surface area contributed by atoms with Gasteiger partial charge < -0.3 is 5.73 Å². The predicted molar refractivity (Wildman–Crippen MR) is 78.0 cm³/mol. The van der Waals surface area contributed by atoms with Gasteiger partial charge in [-0.05, 0) is 43.6 Å². The zero-order chi connectivity index (χ0) is 13.1. The molecule has 17 heavy (non-hydrogen) atoms. The number of nitrogens with two attached hydrogens (primary N) is 1. The maximum absolute atomic E-state index is 5.78. The highest BCUT2D eigenvalue weighted by atomic mass is 79.9. The van der Waals surface area contributed by atoms with Crippen molar-refractivity contribution < 1.29 is 0 Å². The smallest absolute Gasteiger partial charge is 0.0317 e. The van der Waals surface area contributed by atoms with Crippen molar-refractivity contribution in [1.82, 2.24) is 4.90 Å². The van der Waals surface area contributed by atoms with Crippen LogP contribution in [0.3, 0.4) is 0 Å². The Morgan fingerprint density at radius 1 is 1.41 bits per heavy atom. The van der Waals surface area contributed by atoms with E-state index in [0.29, 0.717) is 12.6 Å². The Kier molecular flexibility index (Phi) is 5.17. The molecule has 2 N–H and O–H groups in total. The van der Waals surface area contributed by atoms with Crippen LogP contribution in [0.1, 0.15) is 32.4 Å². The Morgan fingerprint density at radius 2 is 2.06 bits per heavy atom. The van der Waals surface area contributed by atoms with E-state index in [1.807, 2.05) is 0 Å². The first kappa shape index (κ1) is 14.7. The maximum atomic E-state index is 5.78. The Balaban J connectivity index is 2.73. The third-order valence-corrected chi connectivity index (χ3v) is 3.72. The molecule has 0 fully saturated rings. The summed E-state index contributed by atoms with van der Waals surface area (Å²) in [6, 6.07) is 8.88. The molecular weight excluding hydrogens is 276 g/mol. The molecule has 0 aliphatic rings. The molecule has 1 atom stereocenters. The van der Waals surface area contributed by atoms with Crippen LogP contribution in [0.5, 0.6) is 0 Å². The lowest BCUT2D eigenvalue weighted by Gasteiger charge is -2.33. The third-order valence-electron chi connectivity index (χ3n) is 3.22. The molecule has 0 aromatic heterocycles. The van der Waals surface area contributed by atoms with Crippen LogP contribution in [0.4, 0.5) is 0 Å². The van der Waals surface area contributed by atoms with Gasteiger partial charge in [-0.2, -0.15) is 0 Å². The van der Waals surface area contributed by atoms with Crippen LogP contribution in [0.15, 0.2) is 28.7 Å². The molecule has 3 heteroatoms. The highest BCUT2D eigenvalue weighted by Gasteiger charge is 2.21. The number of hydrogen-bond acceptors (Lipinski definition) is 2. The largest absolute Gasteiger partial charge is 0.330 e. The van der Waals surface area contributed by atoms with Crippen molar-refractivity contribution in [1.29, 1.82) is 0 Å². The second-order valence-corrected chi connectivity index (χ2v) is 6.43. The van der Waals surface area contributed by atoms with Crippen LogP contribution in [0.25, 0.3) is 0 Å². The highest BCUT2D eigenvalue weighted by Crippen LogP contribution is 2.25. The summed E-state index contributed by atoms with van der Waals surface area (Å²) in [4.78, 5) is 2.36. The highest BCUT2D eigenvalue weighted by molar-refractivity contribution is 9.10. The average Bonchev–Trinajstić information content (AvgIpc) is 2.27. The van der Waals surface area contributed by atoms with E-state index in [9.17, 15) is 0 Å². The first-order valence-corrected chi connectivity index (χ1v) is 6.81. The summed E-state index contributed by atoms with van der Waals surface area (Å²) in [5.74, 6) is 0. The molecule has 0 heterocycles. The molecule has 2 nitrogen and oxygen atoms in total. The molecule has 0 radical (unpaired) electrons. The standard InChI is InChI=1S/C14H23BrN2/c1-11(12-6-5-7-13(15)8-12)17(4)10-14(2,3)9-16/h5-8,11H,9-10,16H2,1-4H3. The fourth-order valence-corrected chi connectivity index (χ4v) is 2.31. The van der Waals surface area contributed by atoms with Crippen LogP contribution in [0, 0.1) is 5.41 Å². The van der Waals surface area contributed by atoms with E-state index >= 15 is 0 Å². The Bertz CT molecular complexity index is 363. The van der Waals surface area contributed by atoms with Crippen molar-refractivity contribution in [2.45, 2.75) is 26.8 Å². The number of hydrogen-bond donors (Lipinski definition) is 1. The topological polar surface area (TPSA) is 29.3 Å². The zero-order valence-corrected chi connectivity index (χ0v) is 12.8. The van der Waals surface area contributed by atoms with Crippen molar-refractivity contribution >= 4 is 15.9 Å². The molecule has 1 aromatic carbocycles. The molecule has 1 aromatic rings. The molecule has 0 saturated carbocycles. The quantitative estimate of drug-likeness (QED) is 0.902. The first-order valence-electron chi connectivity index (χ1n) is 6.01. The Morgan fingerprint density at radius 3 is 2.59 bits per heavy atom. The molecule has 1 rings (SSSR count). The zero-order valence-electron chi connectivity index (χ0n) is 11.2. The van der Waals surface area contributed by atoms with E-state index in [1.165, 1.54) is 5.56 Å². The van der Waals surface area contributed by atoms with Crippen molar-refractivity contribution in [3.63, 3.8) is 0 Å². The van der Waals surface area contributed by atoms with Crippen LogP contribution >= 0.6 is 15.9 Å². The lowest BCUT2D eigenvalue weighted by atomic mass is 9.92. The van der Waals surface area contributed by atoms with Gasteiger partial charge in [0.25, 0.3) is 0 Å². The fraction of sp³-hybridized carbons (Fsp3) is 0.571. The monoisotopic (exact) mass is 298 g/mol. The van der Waals surface area contributed by atoms with Gasteiger partial charge in [0.2, 0.25) is 0 Å². The van der Waals surface area contributed by atoms with Crippen molar-refractivity contribution in [3.05, 3.63) is 34.3 Å². The molecule has 0 bridgehead atoms. The minimum Gasteiger partial charge on any atom is -0.330 e. The molecule has 1 unspecified atom stereocenters. The summed E-state index contributed by atoms with van der Waals surface area (Å²) in [6.45, 7) is 8.35. The summed E-state index contributed by atoms with van der Waals surface area (Å²) in [5, 5.41) is 0. The van der Waals surface area contributed by atoms with Gasteiger partial charge in [-0.1, -0.05) is 41.9 Å². The summed E-state index contributed by atoms with van der Waals surface area (Å²) >= 11 is 3.52. The first-order chi connectivity index (χ1) is 7.85. The molecule has 0 spiro atoms. The molecule has 0 amide bonds. The maximum Gasteiger partial charge on any atom is 0.0317 e. The van der Waals surface area contributed by atoms with Crippen LogP contribution < -0.4 is 5.73 Å². The molecule has 0 aliphatic heterocycles. The predicted octanol–water partition coefficient (Wildman–Crippen LogP) is 3.43. The minimum atomic E-state index is 0.162. The van der Waals surface area contributed by atoms with Gasteiger partial charge >= 0.3 is 0 Å². The number of halogens is 1. The minimum absolute atomic E-state index is 0.162. The van der Waals surface area contributed by atoms with Gasteiger partial charge in [-0.25, -0.2) is 0 Å². The molecule has 0 saturated heterocycles. The summed E-state index contributed by atoms with van der Waals surface area (Å²) in [6.07, 6.45) is 0. The van der Waals surface area contributed by atoms with Gasteiger partial charge in [0.15, 0.2) is 0 Å². The van der Waals surface area contributed by atoms with E-state index in [-0.39, 0.29) is 5.41 Å². The average molecular weight is 299 g/mol. The SMILES string of the molecule is CC(c1cccc(Br)c1)N(C)CC(C)(C)CN. The number of nitrogens with zero attached hydrogens (tertiary/aromatic N) is 1. The van der Waals surface area contributed by atoms with E-state index in [2.05, 4.69) is 72.9 Å². The molecule has 0 aliphatic carbocycles.